The van der Waals surface area contributed by atoms with Gasteiger partial charge in [-0.15, -0.1) is 35.3 Å². The van der Waals surface area contributed by atoms with E-state index in [1.54, 1.807) is 41.7 Å². The zero-order chi connectivity index (χ0) is 30.8. The molecule has 4 aliphatic heterocycles. The first kappa shape index (κ1) is 30.9. The number of carboxylic acid groups (broad SMARTS) is 1. The van der Waals surface area contributed by atoms with Crippen LogP contribution in [0.5, 0.6) is 0 Å². The molecule has 17 heteroatoms. The number of thioether (sulfide) groups is 3. The van der Waals surface area contributed by atoms with Crippen molar-refractivity contribution < 1.29 is 38.6 Å². The third kappa shape index (κ3) is 6.67. The molecule has 0 aromatic heterocycles. The number of β-lactam (4-membered cyclic amide) rings is 1. The molecule has 0 aliphatic carbocycles. The lowest BCUT2D eigenvalue weighted by Crippen LogP contribution is -2.70. The van der Waals surface area contributed by atoms with E-state index in [4.69, 9.17) is 4.74 Å². The zero-order valence-electron chi connectivity index (χ0n) is 23.2. The van der Waals surface area contributed by atoms with Gasteiger partial charge in [0.1, 0.15) is 28.4 Å². The molecule has 4 heterocycles. The number of nitrogens with one attached hydrogen (secondary N) is 4. The summed E-state index contributed by atoms with van der Waals surface area (Å²) in [6.07, 6.45) is -0.195. The number of rotatable bonds is 9. The minimum Gasteiger partial charge on any atom is -0.477 e. The number of amides is 6. The maximum atomic E-state index is 13.2. The van der Waals surface area contributed by atoms with E-state index in [9.17, 15) is 33.9 Å². The fourth-order valence-electron chi connectivity index (χ4n) is 4.95. The highest BCUT2D eigenvalue weighted by Gasteiger charge is 2.54. The summed E-state index contributed by atoms with van der Waals surface area (Å²) in [6, 6.07) is 3.11. The van der Waals surface area contributed by atoms with Gasteiger partial charge in [-0.3, -0.25) is 19.3 Å². The Morgan fingerprint density at radius 1 is 1.19 bits per heavy atom. The molecule has 4 aliphatic rings. The number of ether oxygens (including phenoxy) is 1. The topological polar surface area (TPSA) is 186 Å². The Bertz CT molecular complexity index is 1410. The van der Waals surface area contributed by atoms with Crippen LogP contribution in [0.4, 0.5) is 21.0 Å². The molecule has 0 saturated carbocycles. The number of carbonyl (C=O) groups excluding carboxylic acids is 5. The number of carboxylic acids is 1. The average Bonchev–Trinajstić information content (AvgIpc) is 3.58. The fourth-order valence-corrected chi connectivity index (χ4v) is 9.22. The Morgan fingerprint density at radius 3 is 2.63 bits per heavy atom. The number of esters is 1. The van der Waals surface area contributed by atoms with Gasteiger partial charge >= 0.3 is 24.0 Å². The van der Waals surface area contributed by atoms with Gasteiger partial charge in [-0.2, -0.15) is 0 Å². The van der Waals surface area contributed by atoms with Gasteiger partial charge in [-0.25, -0.2) is 19.3 Å². The summed E-state index contributed by atoms with van der Waals surface area (Å²) in [6.45, 7) is 3.63. The summed E-state index contributed by atoms with van der Waals surface area (Å²) in [7, 11) is 0. The second kappa shape index (κ2) is 13.0. The first-order chi connectivity index (χ1) is 20.5. The van der Waals surface area contributed by atoms with Gasteiger partial charge in [0.05, 0.1) is 17.8 Å². The van der Waals surface area contributed by atoms with Gasteiger partial charge in [0.2, 0.25) is 5.91 Å². The predicted octanol–water partition coefficient (Wildman–Crippen LogP) is 1.65. The van der Waals surface area contributed by atoms with E-state index in [1.165, 1.54) is 18.7 Å². The third-order valence-corrected chi connectivity index (χ3v) is 11.4. The molecule has 0 radical (unpaired) electrons. The van der Waals surface area contributed by atoms with Crippen molar-refractivity contribution in [1.82, 2.24) is 20.4 Å². The molecule has 3 saturated heterocycles. The first-order valence-corrected chi connectivity index (χ1v) is 16.4. The lowest BCUT2D eigenvalue weighted by Gasteiger charge is -2.49. The average molecular weight is 651 g/mol. The maximum Gasteiger partial charge on any atom is 0.352 e. The number of hydrogen-bond acceptors (Lipinski definition) is 11. The van der Waals surface area contributed by atoms with Crippen molar-refractivity contribution in [3.63, 3.8) is 0 Å². The Kier molecular flexibility index (Phi) is 9.31. The molecule has 1 aromatic rings. The van der Waals surface area contributed by atoms with Crippen molar-refractivity contribution >= 4 is 82.5 Å². The van der Waals surface area contributed by atoms with E-state index in [1.807, 2.05) is 0 Å². The number of nitrogens with zero attached hydrogens (tertiary/aromatic N) is 2. The second-order valence-electron chi connectivity index (χ2n) is 10.1. The monoisotopic (exact) mass is 650 g/mol. The number of carbonyl (C=O) groups is 6. The van der Waals surface area contributed by atoms with Gasteiger partial charge in [-0.05, 0) is 11.6 Å². The van der Waals surface area contributed by atoms with Gasteiger partial charge in [0.25, 0.3) is 5.91 Å². The Morgan fingerprint density at radius 2 is 1.98 bits per heavy atom. The number of para-hydroxylation sites is 1. The predicted molar refractivity (Wildman–Crippen MR) is 163 cm³/mol. The summed E-state index contributed by atoms with van der Waals surface area (Å²) >= 11 is 4.73. The van der Waals surface area contributed by atoms with Gasteiger partial charge in [-0.1, -0.05) is 19.1 Å². The molecule has 0 bridgehead atoms. The number of aliphatic carboxylic acids is 1. The van der Waals surface area contributed by atoms with E-state index >= 15 is 0 Å². The molecule has 5 N–H and O–H groups in total. The Labute approximate surface area is 259 Å². The van der Waals surface area contributed by atoms with Crippen LogP contribution in [0.15, 0.2) is 29.5 Å². The second-order valence-corrected chi connectivity index (χ2v) is 14.2. The van der Waals surface area contributed by atoms with Crippen molar-refractivity contribution in [2.75, 3.05) is 41.8 Å². The van der Waals surface area contributed by atoms with Crippen LogP contribution in [-0.4, -0.2) is 103 Å². The van der Waals surface area contributed by atoms with Crippen molar-refractivity contribution in [2.45, 2.75) is 41.6 Å². The van der Waals surface area contributed by atoms with Crippen LogP contribution in [0.3, 0.4) is 0 Å². The first-order valence-electron chi connectivity index (χ1n) is 13.4. The van der Waals surface area contributed by atoms with Gasteiger partial charge in [0.15, 0.2) is 0 Å². The van der Waals surface area contributed by atoms with Crippen LogP contribution in [0.2, 0.25) is 0 Å². The summed E-state index contributed by atoms with van der Waals surface area (Å²) in [5, 5.41) is 21.1. The third-order valence-electron chi connectivity index (χ3n) is 6.96. The van der Waals surface area contributed by atoms with Crippen LogP contribution < -0.4 is 21.3 Å². The smallest absolute Gasteiger partial charge is 0.352 e. The van der Waals surface area contributed by atoms with E-state index in [-0.39, 0.29) is 35.7 Å². The number of fused-ring (bicyclic) bond motifs is 1. The number of benzene rings is 1. The summed E-state index contributed by atoms with van der Waals surface area (Å²) in [5.74, 6) is -1.82. The lowest BCUT2D eigenvalue weighted by atomic mass is 10.0. The van der Waals surface area contributed by atoms with Crippen LogP contribution in [0.1, 0.15) is 19.4 Å². The molecule has 43 heavy (non-hydrogen) atoms. The SMILES string of the molecule is CC(=O)OCC1=C(C(=O)O)N2C(=O)C(NC(=O)Cc3cccc(NC4SCC(C)S4)c3NC(=O)N3CCNC3=O)[C@@H]2SC1. The zero-order valence-corrected chi connectivity index (χ0v) is 25.7. The van der Waals surface area contributed by atoms with E-state index in [0.29, 0.717) is 34.3 Å². The van der Waals surface area contributed by atoms with Crippen LogP contribution in [0, 0.1) is 0 Å². The number of anilines is 2. The Balaban J connectivity index is 1.31. The normalized spacial score (nSPS) is 24.6. The lowest BCUT2D eigenvalue weighted by molar-refractivity contribution is -0.151. The summed E-state index contributed by atoms with van der Waals surface area (Å²) < 4.78 is 4.97. The molecule has 0 spiro atoms. The molecular weight excluding hydrogens is 621 g/mol. The molecule has 14 nitrogen and oxygen atoms in total. The standard InChI is InChI=1S/C26H30N6O8S3/c1-12-10-42-26(43-12)28-16-5-3-4-14(18(16)30-25(39)31-7-6-27-24(31)38)8-17(34)29-19-21(35)32-20(23(36)37)15(9-40-13(2)33)11-41-22(19)32/h3-5,12,19,22,26,28H,6-11H2,1-2H3,(H,27,38)(H,29,34)(H,30,39)(H,36,37)/t12?,19?,22-,26?/m0/s1. The molecule has 6 amide bonds. The van der Waals surface area contributed by atoms with E-state index < -0.39 is 47.2 Å². The minimum absolute atomic E-state index is 0.0222. The highest BCUT2D eigenvalue weighted by molar-refractivity contribution is 8.20. The molecular formula is C26H30N6O8S3. The summed E-state index contributed by atoms with van der Waals surface area (Å²) in [5.41, 5.74) is 1.45. The van der Waals surface area contributed by atoms with Gasteiger partial charge in [0, 0.05) is 42.3 Å². The molecule has 4 atom stereocenters. The van der Waals surface area contributed by atoms with Crippen molar-refractivity contribution in [2.24, 2.45) is 0 Å². The number of imide groups is 1. The van der Waals surface area contributed by atoms with Crippen LogP contribution in [0.25, 0.3) is 0 Å². The maximum absolute atomic E-state index is 13.2. The van der Waals surface area contributed by atoms with Crippen molar-refractivity contribution in [3.8, 4) is 0 Å². The largest absolute Gasteiger partial charge is 0.477 e. The van der Waals surface area contributed by atoms with E-state index in [0.717, 1.165) is 15.6 Å². The summed E-state index contributed by atoms with van der Waals surface area (Å²) in [4.78, 5) is 76.7. The molecule has 5 rings (SSSR count). The highest BCUT2D eigenvalue weighted by Crippen LogP contribution is 2.41. The minimum atomic E-state index is -1.32. The number of urea groups is 2. The van der Waals surface area contributed by atoms with Crippen molar-refractivity contribution in [3.05, 3.63) is 35.0 Å². The van der Waals surface area contributed by atoms with Crippen molar-refractivity contribution in [1.29, 1.82) is 0 Å². The van der Waals surface area contributed by atoms with E-state index in [2.05, 4.69) is 28.2 Å². The molecule has 3 unspecified atom stereocenters. The van der Waals surface area contributed by atoms with Gasteiger partial charge < -0.3 is 31.1 Å². The fraction of sp³-hybridized carbons (Fsp3) is 0.462. The Hall–Kier alpha value is -3.57. The molecule has 3 fully saturated rings. The highest BCUT2D eigenvalue weighted by atomic mass is 32.2. The number of hydrogen-bond donors (Lipinski definition) is 5. The molecule has 1 aromatic carbocycles. The van der Waals surface area contributed by atoms with Crippen LogP contribution >= 0.6 is 35.3 Å². The quantitative estimate of drug-likeness (QED) is 0.193. The molecule has 230 valence electrons. The van der Waals surface area contributed by atoms with Crippen LogP contribution in [-0.2, 0) is 30.3 Å².